The Morgan fingerprint density at radius 1 is 1.16 bits per heavy atom. The summed E-state index contributed by atoms with van der Waals surface area (Å²) in [7, 11) is -3.62. The zero-order chi connectivity index (χ0) is 26.5. The Balaban J connectivity index is 1.46. The van der Waals surface area contributed by atoms with Crippen LogP contribution in [0.2, 0.25) is 0 Å². The van der Waals surface area contributed by atoms with E-state index in [9.17, 15) is 13.2 Å². The molecule has 1 saturated heterocycles. The molecule has 11 nitrogen and oxygen atoms in total. The maximum atomic E-state index is 13.7. The fourth-order valence-electron chi connectivity index (χ4n) is 5.03. The van der Waals surface area contributed by atoms with Crippen LogP contribution in [0.4, 0.5) is 0 Å². The first-order valence-electron chi connectivity index (χ1n) is 12.5. The number of piperidine rings is 1. The maximum absolute atomic E-state index is 13.7. The van der Waals surface area contributed by atoms with E-state index in [0.29, 0.717) is 67.7 Å². The monoisotopic (exact) mass is 527 g/mol. The van der Waals surface area contributed by atoms with Gasteiger partial charge in [0, 0.05) is 25.3 Å². The lowest BCUT2D eigenvalue weighted by Gasteiger charge is -2.40. The Morgan fingerprint density at radius 2 is 1.89 bits per heavy atom. The summed E-state index contributed by atoms with van der Waals surface area (Å²) in [6, 6.07) is 5.12. The maximum Gasteiger partial charge on any atom is 0.237 e. The highest BCUT2D eigenvalue weighted by Gasteiger charge is 2.39. The summed E-state index contributed by atoms with van der Waals surface area (Å²) >= 11 is 0. The third-order valence-electron chi connectivity index (χ3n) is 7.45. The predicted octanol–water partition coefficient (Wildman–Crippen LogP) is 2.28. The van der Waals surface area contributed by atoms with Crippen molar-refractivity contribution >= 4 is 15.7 Å². The molecule has 0 unspecified atom stereocenters. The van der Waals surface area contributed by atoms with Gasteiger partial charge in [-0.2, -0.15) is 5.10 Å². The van der Waals surface area contributed by atoms with E-state index in [4.69, 9.17) is 15.5 Å². The minimum atomic E-state index is -3.62. The first-order valence-corrected chi connectivity index (χ1v) is 14.1. The van der Waals surface area contributed by atoms with Crippen LogP contribution in [0.25, 0.3) is 22.9 Å². The molecule has 1 amide bonds. The molecular weight excluding hydrogens is 494 g/mol. The first-order chi connectivity index (χ1) is 17.5. The lowest BCUT2D eigenvalue weighted by atomic mass is 9.98. The Hall–Kier alpha value is -3.25. The molecular formula is C25H33N7O4S. The van der Waals surface area contributed by atoms with Crippen LogP contribution >= 0.6 is 0 Å². The van der Waals surface area contributed by atoms with Gasteiger partial charge < -0.3 is 15.0 Å². The number of imidazole rings is 1. The number of primary amides is 1. The summed E-state index contributed by atoms with van der Waals surface area (Å²) in [5.41, 5.74) is 6.05. The van der Waals surface area contributed by atoms with E-state index in [1.807, 2.05) is 34.2 Å². The van der Waals surface area contributed by atoms with Gasteiger partial charge in [-0.25, -0.2) is 23.1 Å². The van der Waals surface area contributed by atoms with Gasteiger partial charge in [-0.15, -0.1) is 0 Å². The van der Waals surface area contributed by atoms with Crippen molar-refractivity contribution in [1.29, 1.82) is 0 Å². The van der Waals surface area contributed by atoms with Crippen LogP contribution in [0.3, 0.4) is 0 Å². The van der Waals surface area contributed by atoms with Crippen LogP contribution in [0.5, 0.6) is 5.75 Å². The van der Waals surface area contributed by atoms with Gasteiger partial charge in [0.15, 0.2) is 15.7 Å². The molecule has 0 saturated carbocycles. The first kappa shape index (κ1) is 25.4. The molecule has 2 N–H and O–H groups in total. The Morgan fingerprint density at radius 3 is 2.57 bits per heavy atom. The molecule has 1 aromatic carbocycles. The van der Waals surface area contributed by atoms with Crippen molar-refractivity contribution in [1.82, 2.24) is 29.2 Å². The molecule has 0 atom stereocenters. The highest BCUT2D eigenvalue weighted by molar-refractivity contribution is 7.92. The van der Waals surface area contributed by atoms with Crippen molar-refractivity contribution in [3.8, 4) is 28.7 Å². The number of nitrogens with zero attached hydrogens (tertiary/aromatic N) is 6. The van der Waals surface area contributed by atoms with E-state index >= 15 is 0 Å². The highest BCUT2D eigenvalue weighted by Crippen LogP contribution is 2.37. The van der Waals surface area contributed by atoms with Crippen molar-refractivity contribution in [3.05, 3.63) is 30.7 Å². The second-order valence-corrected chi connectivity index (χ2v) is 12.7. The van der Waals surface area contributed by atoms with Crippen LogP contribution in [0.15, 0.2) is 35.6 Å². The Kier molecular flexibility index (Phi) is 6.35. The van der Waals surface area contributed by atoms with E-state index < -0.39 is 26.5 Å². The molecule has 198 valence electrons. The van der Waals surface area contributed by atoms with Crippen molar-refractivity contribution in [2.45, 2.75) is 68.8 Å². The summed E-state index contributed by atoms with van der Waals surface area (Å²) in [6.45, 7) is 9.58. The second kappa shape index (κ2) is 9.25. The van der Waals surface area contributed by atoms with Gasteiger partial charge in [0.2, 0.25) is 5.91 Å². The molecule has 1 fully saturated rings. The number of benzene rings is 1. The molecule has 0 radical (unpaired) electrons. The van der Waals surface area contributed by atoms with Gasteiger partial charge >= 0.3 is 0 Å². The van der Waals surface area contributed by atoms with Crippen molar-refractivity contribution in [3.63, 3.8) is 0 Å². The molecule has 5 rings (SSSR count). The number of rotatable bonds is 6. The van der Waals surface area contributed by atoms with Gasteiger partial charge in [0.05, 0.1) is 27.8 Å². The van der Waals surface area contributed by atoms with Crippen LogP contribution in [0.1, 0.15) is 46.6 Å². The van der Waals surface area contributed by atoms with E-state index in [2.05, 4.69) is 10.1 Å². The van der Waals surface area contributed by atoms with Crippen LogP contribution < -0.4 is 10.5 Å². The molecule has 37 heavy (non-hydrogen) atoms. The summed E-state index contributed by atoms with van der Waals surface area (Å²) in [6.07, 6.45) is 4.28. The average Bonchev–Trinajstić information content (AvgIpc) is 3.48. The normalized spacial score (nSPS) is 17.2. The lowest BCUT2D eigenvalue weighted by Crippen LogP contribution is -2.56. The summed E-state index contributed by atoms with van der Waals surface area (Å²) < 4.78 is 37.1. The SMILES string of the molecule is CC(C)n1ncnc1-c1cn2c(n1)-c1cc(S(=O)(=O)C3CCN(C(C)(C)C(N)=O)CC3)ccc1OCC2. The van der Waals surface area contributed by atoms with Crippen molar-refractivity contribution < 1.29 is 17.9 Å². The largest absolute Gasteiger partial charge is 0.491 e. The van der Waals surface area contributed by atoms with Crippen molar-refractivity contribution in [2.75, 3.05) is 19.7 Å². The number of nitrogens with two attached hydrogens (primary N) is 1. The van der Waals surface area contributed by atoms with Gasteiger partial charge in [0.1, 0.15) is 30.2 Å². The number of hydrogen-bond acceptors (Lipinski definition) is 8. The fourth-order valence-corrected chi connectivity index (χ4v) is 6.79. The minimum absolute atomic E-state index is 0.117. The van der Waals surface area contributed by atoms with E-state index in [-0.39, 0.29) is 10.9 Å². The third kappa shape index (κ3) is 4.42. The molecule has 2 aliphatic rings. The number of sulfone groups is 1. The number of aromatic nitrogens is 5. The average molecular weight is 528 g/mol. The van der Waals surface area contributed by atoms with Gasteiger partial charge in [-0.05, 0) is 58.7 Å². The Labute approximate surface area is 216 Å². The van der Waals surface area contributed by atoms with E-state index in [1.165, 1.54) is 6.33 Å². The number of carbonyl (C=O) groups is 1. The highest BCUT2D eigenvalue weighted by atomic mass is 32.2. The number of amides is 1. The summed E-state index contributed by atoms with van der Waals surface area (Å²) in [5.74, 6) is 1.47. The zero-order valence-electron chi connectivity index (χ0n) is 21.6. The van der Waals surface area contributed by atoms with E-state index in [1.54, 1.807) is 32.0 Å². The second-order valence-electron chi connectivity index (χ2n) is 10.4. The van der Waals surface area contributed by atoms with E-state index in [0.717, 1.165) is 0 Å². The van der Waals surface area contributed by atoms with Gasteiger partial charge in [-0.1, -0.05) is 0 Å². The number of carbonyl (C=O) groups excluding carboxylic acids is 1. The zero-order valence-corrected chi connectivity index (χ0v) is 22.4. The van der Waals surface area contributed by atoms with Crippen LogP contribution in [-0.2, 0) is 21.2 Å². The molecule has 0 spiro atoms. The lowest BCUT2D eigenvalue weighted by molar-refractivity contribution is -0.128. The number of hydrogen-bond donors (Lipinski definition) is 1. The topological polar surface area (TPSA) is 138 Å². The predicted molar refractivity (Wildman–Crippen MR) is 138 cm³/mol. The molecule has 0 aliphatic carbocycles. The quantitative estimate of drug-likeness (QED) is 0.515. The number of fused-ring (bicyclic) bond motifs is 3. The van der Waals surface area contributed by atoms with Gasteiger partial charge in [-0.3, -0.25) is 9.69 Å². The number of likely N-dealkylation sites (tertiary alicyclic amines) is 1. The Bertz CT molecular complexity index is 1430. The molecule has 2 aliphatic heterocycles. The third-order valence-corrected chi connectivity index (χ3v) is 9.71. The molecule has 2 aromatic heterocycles. The summed E-state index contributed by atoms with van der Waals surface area (Å²) in [4.78, 5) is 23.3. The molecule has 4 heterocycles. The standard InChI is InChI=1S/C25H33N7O4S/c1-16(2)32-23(27-15-28-32)20-14-30-11-12-36-21-6-5-18(13-19(21)22(30)29-20)37(34,35)17-7-9-31(10-8-17)25(3,4)24(26)33/h5-6,13-17H,7-12H2,1-4H3,(H2,26,33). The summed E-state index contributed by atoms with van der Waals surface area (Å²) in [5, 5.41) is 3.77. The molecule has 12 heteroatoms. The van der Waals surface area contributed by atoms with Crippen molar-refractivity contribution in [2.24, 2.45) is 5.73 Å². The molecule has 0 bridgehead atoms. The molecule has 3 aromatic rings. The van der Waals surface area contributed by atoms with Crippen LogP contribution in [0, 0.1) is 0 Å². The van der Waals surface area contributed by atoms with Gasteiger partial charge in [0.25, 0.3) is 0 Å². The minimum Gasteiger partial charge on any atom is -0.491 e. The van der Waals surface area contributed by atoms with Crippen LogP contribution in [-0.4, -0.2) is 74.0 Å². The fraction of sp³-hybridized carbons (Fsp3) is 0.520. The number of ether oxygens (including phenoxy) is 1. The smallest absolute Gasteiger partial charge is 0.237 e.